The minimum Gasteiger partial charge on any atom is -0.469 e. The van der Waals surface area contributed by atoms with Crippen molar-refractivity contribution in [1.82, 2.24) is 5.32 Å². The molecule has 0 spiro atoms. The summed E-state index contributed by atoms with van der Waals surface area (Å²) in [5.74, 6) is -0.382. The Morgan fingerprint density at radius 3 is 2.38 bits per heavy atom. The Hall–Kier alpha value is -1.26. The fraction of sp³-hybridized carbons (Fsp3) is 0.467. The highest BCUT2D eigenvalue weighted by atomic mass is 35.5. The van der Waals surface area contributed by atoms with Gasteiger partial charge in [0.25, 0.3) is 5.91 Å². The average molecular weight is 330 g/mol. The van der Waals surface area contributed by atoms with Gasteiger partial charge in [0.15, 0.2) is 0 Å². The standard InChI is InChI=1S/C15H17Cl2NO3/c1-21-15(20)9-2-5-11(6-3-9)18-14(19)10-4-7-12(16)13(17)8-10/h4,7-9,11H,2-3,5-6H2,1H3,(H,18,19). The summed E-state index contributed by atoms with van der Waals surface area (Å²) in [5, 5.41) is 3.75. The molecule has 21 heavy (non-hydrogen) atoms. The Morgan fingerprint density at radius 1 is 1.14 bits per heavy atom. The SMILES string of the molecule is COC(=O)C1CCC(NC(=O)c2ccc(Cl)c(Cl)c2)CC1. The molecule has 1 aliphatic rings. The number of carbonyl (C=O) groups is 2. The number of ether oxygens (including phenoxy) is 1. The third-order valence-corrected chi connectivity index (χ3v) is 4.52. The van der Waals surface area contributed by atoms with Crippen LogP contribution in [0.15, 0.2) is 18.2 Å². The fourth-order valence-corrected chi connectivity index (χ4v) is 2.84. The van der Waals surface area contributed by atoms with Crippen LogP contribution in [0.4, 0.5) is 0 Å². The molecule has 1 amide bonds. The molecule has 1 N–H and O–H groups in total. The monoisotopic (exact) mass is 329 g/mol. The highest BCUT2D eigenvalue weighted by molar-refractivity contribution is 6.42. The molecule has 0 radical (unpaired) electrons. The zero-order chi connectivity index (χ0) is 15.4. The molecule has 2 rings (SSSR count). The van der Waals surface area contributed by atoms with Gasteiger partial charge in [0.1, 0.15) is 0 Å². The number of carbonyl (C=O) groups excluding carboxylic acids is 2. The van der Waals surface area contributed by atoms with Crippen molar-refractivity contribution in [3.05, 3.63) is 33.8 Å². The summed E-state index contributed by atoms with van der Waals surface area (Å²) < 4.78 is 4.75. The Kier molecular flexibility index (Phi) is 5.48. The van der Waals surface area contributed by atoms with Crippen LogP contribution < -0.4 is 5.32 Å². The predicted octanol–water partition coefficient (Wildman–Crippen LogP) is 3.46. The van der Waals surface area contributed by atoms with Crippen molar-refractivity contribution in [2.45, 2.75) is 31.7 Å². The third kappa shape index (κ3) is 4.11. The summed E-state index contributed by atoms with van der Waals surface area (Å²) in [6, 6.07) is 4.88. The van der Waals surface area contributed by atoms with E-state index in [0.717, 1.165) is 25.7 Å². The van der Waals surface area contributed by atoms with Gasteiger partial charge < -0.3 is 10.1 Å². The van der Waals surface area contributed by atoms with Crippen LogP contribution in [0.2, 0.25) is 10.0 Å². The number of methoxy groups -OCH3 is 1. The molecule has 0 bridgehead atoms. The van der Waals surface area contributed by atoms with E-state index < -0.39 is 0 Å². The van der Waals surface area contributed by atoms with Gasteiger partial charge in [-0.25, -0.2) is 0 Å². The second-order valence-corrected chi connectivity index (χ2v) is 5.99. The highest BCUT2D eigenvalue weighted by Gasteiger charge is 2.27. The molecule has 6 heteroatoms. The topological polar surface area (TPSA) is 55.4 Å². The van der Waals surface area contributed by atoms with Crippen molar-refractivity contribution >= 4 is 35.1 Å². The summed E-state index contributed by atoms with van der Waals surface area (Å²) in [6.45, 7) is 0. The van der Waals surface area contributed by atoms with Crippen molar-refractivity contribution in [2.75, 3.05) is 7.11 Å². The molecule has 0 heterocycles. The second kappa shape index (κ2) is 7.14. The highest BCUT2D eigenvalue weighted by Crippen LogP contribution is 2.26. The van der Waals surface area contributed by atoms with E-state index in [1.165, 1.54) is 7.11 Å². The molecular formula is C15H17Cl2NO3. The van der Waals surface area contributed by atoms with Crippen LogP contribution in [0.3, 0.4) is 0 Å². The minimum absolute atomic E-state index is 0.0480. The van der Waals surface area contributed by atoms with Crippen LogP contribution in [0.25, 0.3) is 0 Å². The molecule has 0 unspecified atom stereocenters. The minimum atomic E-state index is -0.171. The van der Waals surface area contributed by atoms with Crippen LogP contribution in [0.1, 0.15) is 36.0 Å². The van der Waals surface area contributed by atoms with Crippen LogP contribution in [0, 0.1) is 5.92 Å². The molecule has 114 valence electrons. The molecule has 1 aromatic rings. The lowest BCUT2D eigenvalue weighted by atomic mass is 9.86. The summed E-state index contributed by atoms with van der Waals surface area (Å²) in [6.07, 6.45) is 3.01. The van der Waals surface area contributed by atoms with Gasteiger partial charge in [0, 0.05) is 11.6 Å². The van der Waals surface area contributed by atoms with Crippen LogP contribution >= 0.6 is 23.2 Å². The molecule has 0 aromatic heterocycles. The van der Waals surface area contributed by atoms with Gasteiger partial charge in [0.2, 0.25) is 0 Å². The van der Waals surface area contributed by atoms with E-state index >= 15 is 0 Å². The van der Waals surface area contributed by atoms with Crippen LogP contribution in [-0.2, 0) is 9.53 Å². The van der Waals surface area contributed by atoms with Gasteiger partial charge in [-0.15, -0.1) is 0 Å². The number of hydrogen-bond donors (Lipinski definition) is 1. The summed E-state index contributed by atoms with van der Waals surface area (Å²) in [5.41, 5.74) is 0.486. The van der Waals surface area contributed by atoms with Gasteiger partial charge in [-0.3, -0.25) is 9.59 Å². The number of esters is 1. The largest absolute Gasteiger partial charge is 0.469 e. The fourth-order valence-electron chi connectivity index (χ4n) is 2.55. The van der Waals surface area contributed by atoms with Crippen molar-refractivity contribution in [3.8, 4) is 0 Å². The lowest BCUT2D eigenvalue weighted by Crippen LogP contribution is -2.38. The number of hydrogen-bond acceptors (Lipinski definition) is 3. The summed E-state index contributed by atoms with van der Waals surface area (Å²) in [4.78, 5) is 23.6. The Bertz CT molecular complexity index is 540. The predicted molar refractivity (Wildman–Crippen MR) is 81.7 cm³/mol. The van der Waals surface area contributed by atoms with Gasteiger partial charge in [0.05, 0.1) is 23.1 Å². The maximum Gasteiger partial charge on any atom is 0.308 e. The number of rotatable bonds is 3. The first-order chi connectivity index (χ1) is 10.0. The van der Waals surface area contributed by atoms with Crippen LogP contribution in [0.5, 0.6) is 0 Å². The normalized spacial score (nSPS) is 21.7. The Morgan fingerprint density at radius 2 is 1.81 bits per heavy atom. The molecule has 0 aliphatic heterocycles. The lowest BCUT2D eigenvalue weighted by Gasteiger charge is -2.27. The lowest BCUT2D eigenvalue weighted by molar-refractivity contribution is -0.146. The number of amides is 1. The van der Waals surface area contributed by atoms with E-state index in [1.54, 1.807) is 18.2 Å². The van der Waals surface area contributed by atoms with E-state index in [9.17, 15) is 9.59 Å². The molecule has 1 fully saturated rings. The Balaban J connectivity index is 1.89. The van der Waals surface area contributed by atoms with Gasteiger partial charge in [-0.1, -0.05) is 23.2 Å². The van der Waals surface area contributed by atoms with E-state index in [-0.39, 0.29) is 23.8 Å². The van der Waals surface area contributed by atoms with Crippen molar-refractivity contribution in [2.24, 2.45) is 5.92 Å². The maximum atomic E-state index is 12.1. The number of benzene rings is 1. The summed E-state index contributed by atoms with van der Waals surface area (Å²) in [7, 11) is 1.40. The zero-order valence-electron chi connectivity index (χ0n) is 11.7. The second-order valence-electron chi connectivity index (χ2n) is 5.17. The van der Waals surface area contributed by atoms with Crippen molar-refractivity contribution < 1.29 is 14.3 Å². The molecule has 4 nitrogen and oxygen atoms in total. The first-order valence-electron chi connectivity index (χ1n) is 6.85. The maximum absolute atomic E-state index is 12.1. The Labute approximate surface area is 133 Å². The number of nitrogens with one attached hydrogen (secondary N) is 1. The summed E-state index contributed by atoms with van der Waals surface area (Å²) >= 11 is 11.7. The van der Waals surface area contributed by atoms with Gasteiger partial charge in [-0.2, -0.15) is 0 Å². The van der Waals surface area contributed by atoms with Gasteiger partial charge >= 0.3 is 5.97 Å². The number of halogens is 2. The van der Waals surface area contributed by atoms with E-state index in [0.29, 0.717) is 15.6 Å². The molecule has 1 aliphatic carbocycles. The molecule has 1 aromatic carbocycles. The smallest absolute Gasteiger partial charge is 0.308 e. The zero-order valence-corrected chi connectivity index (χ0v) is 13.2. The first kappa shape index (κ1) is 16.1. The molecule has 0 saturated heterocycles. The van der Waals surface area contributed by atoms with E-state index in [4.69, 9.17) is 27.9 Å². The van der Waals surface area contributed by atoms with E-state index in [1.807, 2.05) is 0 Å². The van der Waals surface area contributed by atoms with Gasteiger partial charge in [-0.05, 0) is 43.9 Å². The third-order valence-electron chi connectivity index (χ3n) is 3.78. The van der Waals surface area contributed by atoms with Crippen molar-refractivity contribution in [3.63, 3.8) is 0 Å². The molecule has 0 atom stereocenters. The van der Waals surface area contributed by atoms with Crippen LogP contribution in [-0.4, -0.2) is 25.0 Å². The molecule has 1 saturated carbocycles. The van der Waals surface area contributed by atoms with E-state index in [2.05, 4.69) is 5.32 Å². The quantitative estimate of drug-likeness (QED) is 0.864. The van der Waals surface area contributed by atoms with Crippen molar-refractivity contribution in [1.29, 1.82) is 0 Å². The first-order valence-corrected chi connectivity index (χ1v) is 7.60. The average Bonchev–Trinajstić information content (AvgIpc) is 2.50. The molecular weight excluding hydrogens is 313 g/mol.